The lowest BCUT2D eigenvalue weighted by molar-refractivity contribution is 0.505. The molecule has 1 atom stereocenters. The van der Waals surface area contributed by atoms with Crippen LogP contribution in [0.25, 0.3) is 0 Å². The van der Waals surface area contributed by atoms with E-state index in [9.17, 15) is 0 Å². The van der Waals surface area contributed by atoms with Crippen LogP contribution in [0.2, 0.25) is 0 Å². The number of unbranched alkanes of at least 4 members (excludes halogenated alkanes) is 4. The van der Waals surface area contributed by atoms with Crippen molar-refractivity contribution in [3.05, 3.63) is 95.6 Å². The van der Waals surface area contributed by atoms with Gasteiger partial charge in [0.25, 0.3) is 0 Å². The molecule has 3 aromatic rings. The second kappa shape index (κ2) is 14.7. The highest BCUT2D eigenvalue weighted by Crippen LogP contribution is 2.64. The zero-order chi connectivity index (χ0) is 24.9. The van der Waals surface area contributed by atoms with E-state index in [0.717, 1.165) is 24.3 Å². The molecule has 3 rings (SSSR count). The number of aryl methyl sites for hydroxylation is 2. The molecule has 2 nitrogen and oxygen atoms in total. The molecule has 0 amide bonds. The Bertz CT molecular complexity index is 1010. The molecule has 35 heavy (non-hydrogen) atoms. The summed E-state index contributed by atoms with van der Waals surface area (Å²) in [6.07, 6.45) is 9.41. The topological polar surface area (TPSA) is 18.5 Å². The van der Waals surface area contributed by atoms with Gasteiger partial charge < -0.3 is 9.05 Å². The molecular weight excluding hydrogens is 487 g/mol. The minimum Gasteiger partial charge on any atom is -0.428 e. The van der Waals surface area contributed by atoms with Gasteiger partial charge in [-0.25, -0.2) is 0 Å². The summed E-state index contributed by atoms with van der Waals surface area (Å²) >= 11 is 7.80. The van der Waals surface area contributed by atoms with Gasteiger partial charge in [0.1, 0.15) is 11.5 Å². The van der Waals surface area contributed by atoms with Gasteiger partial charge in [-0.3, -0.25) is 0 Å². The summed E-state index contributed by atoms with van der Waals surface area (Å²) in [7, 11) is 0. The highest BCUT2D eigenvalue weighted by molar-refractivity contribution is 8.68. The standard InChI is InChI=1S/C30H39O2PS2/c1-4-6-9-15-26-17-13-21-29(23-26)31-33(34,35-25(3)28-19-11-8-12-20-28)32-30-22-14-18-27(24-30)16-10-7-5-2/h8,11-14,17-25H,4-7,9-10,15-16H2,1-3H3. The first-order valence-corrected chi connectivity index (χ1v) is 17.0. The van der Waals surface area contributed by atoms with Gasteiger partial charge in [-0.05, 0) is 96.8 Å². The van der Waals surface area contributed by atoms with Crippen molar-refractivity contribution in [2.75, 3.05) is 0 Å². The van der Waals surface area contributed by atoms with Gasteiger partial charge in [0.05, 0.1) is 0 Å². The first-order chi connectivity index (χ1) is 17.0. The lowest BCUT2D eigenvalue weighted by Gasteiger charge is -2.26. The maximum Gasteiger partial charge on any atom is 0.349 e. The number of benzene rings is 3. The first-order valence-electron chi connectivity index (χ1n) is 12.9. The van der Waals surface area contributed by atoms with Crippen molar-refractivity contribution in [2.45, 2.75) is 77.4 Å². The normalized spacial score (nSPS) is 12.3. The lowest BCUT2D eigenvalue weighted by Crippen LogP contribution is -2.01. The van der Waals surface area contributed by atoms with E-state index in [2.05, 4.69) is 81.4 Å². The van der Waals surface area contributed by atoms with Crippen LogP contribution in [0.1, 0.15) is 81.2 Å². The summed E-state index contributed by atoms with van der Waals surface area (Å²) in [5.74, 6) is 1.60. The van der Waals surface area contributed by atoms with Crippen molar-refractivity contribution in [3.8, 4) is 11.5 Å². The van der Waals surface area contributed by atoms with Crippen molar-refractivity contribution in [1.29, 1.82) is 0 Å². The zero-order valence-corrected chi connectivity index (χ0v) is 23.8. The van der Waals surface area contributed by atoms with Crippen LogP contribution in [-0.2, 0) is 24.6 Å². The summed E-state index contributed by atoms with van der Waals surface area (Å²) in [6, 6.07) is 27.2. The molecule has 0 N–H and O–H groups in total. The molecular formula is C30H39O2PS2. The monoisotopic (exact) mass is 526 g/mol. The number of rotatable bonds is 15. The third-order valence-corrected chi connectivity index (χ3v) is 11.0. The maximum atomic E-state index is 6.55. The van der Waals surface area contributed by atoms with Crippen LogP contribution in [-0.4, -0.2) is 0 Å². The molecule has 188 valence electrons. The lowest BCUT2D eigenvalue weighted by atomic mass is 10.1. The van der Waals surface area contributed by atoms with Crippen LogP contribution in [0, 0.1) is 0 Å². The van der Waals surface area contributed by atoms with E-state index in [1.807, 2.05) is 18.2 Å². The molecule has 0 radical (unpaired) electrons. The Morgan fingerprint density at radius 2 is 1.23 bits per heavy atom. The third-order valence-electron chi connectivity index (χ3n) is 5.93. The smallest absolute Gasteiger partial charge is 0.349 e. The van der Waals surface area contributed by atoms with Crippen LogP contribution in [0.15, 0.2) is 78.9 Å². The van der Waals surface area contributed by atoms with E-state index < -0.39 is 5.69 Å². The van der Waals surface area contributed by atoms with E-state index in [1.54, 1.807) is 11.4 Å². The largest absolute Gasteiger partial charge is 0.428 e. The van der Waals surface area contributed by atoms with Crippen molar-refractivity contribution in [3.63, 3.8) is 0 Å². The van der Waals surface area contributed by atoms with E-state index in [1.165, 1.54) is 55.2 Å². The van der Waals surface area contributed by atoms with Crippen LogP contribution < -0.4 is 9.05 Å². The van der Waals surface area contributed by atoms with Crippen LogP contribution >= 0.6 is 17.1 Å². The molecule has 0 heterocycles. The highest BCUT2D eigenvalue weighted by atomic mass is 32.9. The number of hydrogen-bond donors (Lipinski definition) is 0. The molecule has 0 spiro atoms. The summed E-state index contributed by atoms with van der Waals surface area (Å²) in [5, 5.41) is 0.155. The Hall–Kier alpha value is -1.74. The molecule has 0 aliphatic carbocycles. The van der Waals surface area contributed by atoms with Crippen LogP contribution in [0.3, 0.4) is 0 Å². The van der Waals surface area contributed by atoms with Gasteiger partial charge in [-0.2, -0.15) is 0 Å². The average Bonchev–Trinajstić information content (AvgIpc) is 2.85. The van der Waals surface area contributed by atoms with Crippen LogP contribution in [0.4, 0.5) is 0 Å². The summed E-state index contributed by atoms with van der Waals surface area (Å²) in [5.41, 5.74) is 1.06. The summed E-state index contributed by atoms with van der Waals surface area (Å²) in [6.45, 7) is 6.64. The van der Waals surface area contributed by atoms with Gasteiger partial charge in [-0.15, -0.1) is 0 Å². The minimum atomic E-state index is -2.74. The SMILES string of the molecule is CCCCCc1cccc(OP(=S)(Oc2cccc(CCCCC)c2)SC(C)c2ccccc2)c1. The fraction of sp³-hybridized carbons (Fsp3) is 0.400. The molecule has 0 aliphatic heterocycles. The molecule has 5 heteroatoms. The van der Waals surface area contributed by atoms with Crippen molar-refractivity contribution in [2.24, 2.45) is 0 Å². The van der Waals surface area contributed by atoms with E-state index in [4.69, 9.17) is 20.9 Å². The summed E-state index contributed by atoms with van der Waals surface area (Å²) < 4.78 is 13.1. The number of hydrogen-bond acceptors (Lipinski definition) is 4. The van der Waals surface area contributed by atoms with Gasteiger partial charge in [0, 0.05) is 5.25 Å². The van der Waals surface area contributed by atoms with E-state index in [-0.39, 0.29) is 5.25 Å². The minimum absolute atomic E-state index is 0.155. The second-order valence-corrected chi connectivity index (χ2v) is 15.4. The van der Waals surface area contributed by atoms with Gasteiger partial charge in [0.2, 0.25) is 0 Å². The Morgan fingerprint density at radius 3 is 1.71 bits per heavy atom. The molecule has 3 aromatic carbocycles. The molecule has 0 aromatic heterocycles. The van der Waals surface area contributed by atoms with Gasteiger partial charge in [0.15, 0.2) is 0 Å². The predicted molar refractivity (Wildman–Crippen MR) is 157 cm³/mol. The molecule has 0 saturated carbocycles. The quantitative estimate of drug-likeness (QED) is 0.145. The Labute approximate surface area is 221 Å². The van der Waals surface area contributed by atoms with Crippen LogP contribution in [0.5, 0.6) is 11.5 Å². The zero-order valence-electron chi connectivity index (χ0n) is 21.3. The molecule has 0 fully saturated rings. The molecule has 1 unspecified atom stereocenters. The van der Waals surface area contributed by atoms with Crippen molar-refractivity contribution in [1.82, 2.24) is 0 Å². The van der Waals surface area contributed by atoms with E-state index in [0.29, 0.717) is 0 Å². The average molecular weight is 527 g/mol. The maximum absolute atomic E-state index is 6.55. The Morgan fingerprint density at radius 1 is 0.714 bits per heavy atom. The highest BCUT2D eigenvalue weighted by Gasteiger charge is 2.28. The van der Waals surface area contributed by atoms with Gasteiger partial charge in [-0.1, -0.05) is 94.1 Å². The molecule has 0 aliphatic rings. The fourth-order valence-corrected chi connectivity index (χ4v) is 9.49. The fourth-order valence-electron chi connectivity index (χ4n) is 3.97. The van der Waals surface area contributed by atoms with Crippen molar-refractivity contribution >= 4 is 28.9 Å². The molecule has 0 bridgehead atoms. The first kappa shape index (κ1) is 27.8. The summed E-state index contributed by atoms with van der Waals surface area (Å²) in [4.78, 5) is 0. The van der Waals surface area contributed by atoms with Crippen molar-refractivity contribution < 1.29 is 9.05 Å². The molecule has 0 saturated heterocycles. The third kappa shape index (κ3) is 9.67. The van der Waals surface area contributed by atoms with E-state index >= 15 is 0 Å². The van der Waals surface area contributed by atoms with Gasteiger partial charge >= 0.3 is 5.69 Å². The second-order valence-electron chi connectivity index (χ2n) is 9.00. The Kier molecular flexibility index (Phi) is 11.7. The predicted octanol–water partition coefficient (Wildman–Crippen LogP) is 10.3. The Balaban J connectivity index is 1.81.